The molecule has 0 spiro atoms. The van der Waals surface area contributed by atoms with Crippen LogP contribution in [-0.4, -0.2) is 21.0 Å². The molecule has 2 rings (SSSR count). The Kier molecular flexibility index (Phi) is 3.06. The first-order valence-electron chi connectivity index (χ1n) is 4.86. The first-order valence-corrected chi connectivity index (χ1v) is 5.74. The molecule has 17 heavy (non-hydrogen) atoms. The van der Waals surface area contributed by atoms with Crippen LogP contribution in [0.3, 0.4) is 0 Å². The number of ether oxygens (including phenoxy) is 1. The molecule has 0 atom stereocenters. The zero-order valence-corrected chi connectivity index (χ0v) is 10.1. The number of aryl methyl sites for hydroxylation is 2. The highest BCUT2D eigenvalue weighted by Gasteiger charge is 2.09. The summed E-state index contributed by atoms with van der Waals surface area (Å²) < 4.78 is 5.40. The molecule has 2 aromatic rings. The van der Waals surface area contributed by atoms with Gasteiger partial charge in [0.1, 0.15) is 10.6 Å². The summed E-state index contributed by atoms with van der Waals surface area (Å²) in [5.74, 6) is -0.524. The molecular formula is C11H10N2O3S. The number of rotatable bonds is 3. The Bertz CT molecular complexity index is 545. The van der Waals surface area contributed by atoms with E-state index >= 15 is 0 Å². The van der Waals surface area contributed by atoms with Crippen molar-refractivity contribution in [2.45, 2.75) is 13.8 Å². The third-order valence-electron chi connectivity index (χ3n) is 1.96. The van der Waals surface area contributed by atoms with Crippen LogP contribution in [0.5, 0.6) is 11.8 Å². The second-order valence-electron chi connectivity index (χ2n) is 3.49. The highest BCUT2D eigenvalue weighted by molar-refractivity contribution is 7.12. The number of thiophene rings is 1. The van der Waals surface area contributed by atoms with Crippen LogP contribution < -0.4 is 4.74 Å². The summed E-state index contributed by atoms with van der Waals surface area (Å²) >= 11 is 1.11. The molecule has 0 bridgehead atoms. The van der Waals surface area contributed by atoms with Gasteiger partial charge in [0.25, 0.3) is 0 Å². The van der Waals surface area contributed by atoms with Crippen molar-refractivity contribution >= 4 is 17.3 Å². The molecule has 2 aromatic heterocycles. The van der Waals surface area contributed by atoms with Crippen LogP contribution in [0.2, 0.25) is 0 Å². The first kappa shape index (κ1) is 11.5. The molecule has 0 aromatic carbocycles. The SMILES string of the molecule is Cc1cc(C)nc(Oc2csc(C(=O)O)c2)n1. The summed E-state index contributed by atoms with van der Waals surface area (Å²) in [6, 6.07) is 3.52. The smallest absolute Gasteiger partial charge is 0.346 e. The van der Waals surface area contributed by atoms with Gasteiger partial charge in [-0.1, -0.05) is 0 Å². The number of carboxylic acid groups (broad SMARTS) is 1. The van der Waals surface area contributed by atoms with Gasteiger partial charge in [-0.15, -0.1) is 11.3 Å². The van der Waals surface area contributed by atoms with Crippen LogP contribution in [0.4, 0.5) is 0 Å². The number of carboxylic acids is 1. The molecule has 0 aliphatic carbocycles. The predicted octanol–water partition coefficient (Wildman–Crippen LogP) is 2.65. The normalized spacial score (nSPS) is 10.2. The van der Waals surface area contributed by atoms with Crippen molar-refractivity contribution in [1.29, 1.82) is 0 Å². The Labute approximate surface area is 102 Å². The maximum Gasteiger partial charge on any atom is 0.346 e. The zero-order chi connectivity index (χ0) is 12.4. The minimum Gasteiger partial charge on any atom is -0.477 e. The van der Waals surface area contributed by atoms with Crippen molar-refractivity contribution in [2.24, 2.45) is 0 Å². The molecule has 6 heteroatoms. The van der Waals surface area contributed by atoms with E-state index in [1.54, 1.807) is 5.38 Å². The second-order valence-corrected chi connectivity index (χ2v) is 4.40. The molecule has 0 saturated carbocycles. The van der Waals surface area contributed by atoms with E-state index in [4.69, 9.17) is 9.84 Å². The van der Waals surface area contributed by atoms with Crippen molar-refractivity contribution < 1.29 is 14.6 Å². The van der Waals surface area contributed by atoms with Crippen molar-refractivity contribution in [1.82, 2.24) is 9.97 Å². The van der Waals surface area contributed by atoms with Gasteiger partial charge >= 0.3 is 12.0 Å². The number of carbonyl (C=O) groups is 1. The molecule has 0 saturated heterocycles. The number of hydrogen-bond donors (Lipinski definition) is 1. The Balaban J connectivity index is 2.22. The molecular weight excluding hydrogens is 240 g/mol. The van der Waals surface area contributed by atoms with Crippen LogP contribution in [0.15, 0.2) is 17.5 Å². The first-order chi connectivity index (χ1) is 8.04. The molecule has 5 nitrogen and oxygen atoms in total. The van der Waals surface area contributed by atoms with E-state index in [1.165, 1.54) is 6.07 Å². The van der Waals surface area contributed by atoms with E-state index in [2.05, 4.69) is 9.97 Å². The third kappa shape index (κ3) is 2.79. The average molecular weight is 250 g/mol. The quantitative estimate of drug-likeness (QED) is 0.906. The monoisotopic (exact) mass is 250 g/mol. The predicted molar refractivity (Wildman–Crippen MR) is 62.9 cm³/mol. The minimum atomic E-state index is -0.966. The maximum atomic E-state index is 10.7. The lowest BCUT2D eigenvalue weighted by atomic mass is 10.4. The molecule has 88 valence electrons. The summed E-state index contributed by atoms with van der Waals surface area (Å²) in [7, 11) is 0. The van der Waals surface area contributed by atoms with Gasteiger partial charge < -0.3 is 9.84 Å². The Hall–Kier alpha value is -1.95. The molecule has 0 amide bonds. The lowest BCUT2D eigenvalue weighted by Gasteiger charge is -2.02. The second kappa shape index (κ2) is 4.50. The summed E-state index contributed by atoms with van der Waals surface area (Å²) in [4.78, 5) is 19.1. The van der Waals surface area contributed by atoms with E-state index in [-0.39, 0.29) is 10.9 Å². The largest absolute Gasteiger partial charge is 0.477 e. The van der Waals surface area contributed by atoms with Crippen molar-refractivity contribution in [2.75, 3.05) is 0 Å². The van der Waals surface area contributed by atoms with Crippen molar-refractivity contribution in [3.8, 4) is 11.8 Å². The maximum absolute atomic E-state index is 10.7. The lowest BCUT2D eigenvalue weighted by Crippen LogP contribution is -1.95. The summed E-state index contributed by atoms with van der Waals surface area (Å²) in [5.41, 5.74) is 1.61. The van der Waals surface area contributed by atoms with E-state index < -0.39 is 5.97 Å². The average Bonchev–Trinajstić information content (AvgIpc) is 2.64. The highest BCUT2D eigenvalue weighted by Crippen LogP contribution is 2.25. The van der Waals surface area contributed by atoms with Gasteiger partial charge in [0, 0.05) is 22.8 Å². The lowest BCUT2D eigenvalue weighted by molar-refractivity contribution is 0.0702. The fourth-order valence-electron chi connectivity index (χ4n) is 1.33. The van der Waals surface area contributed by atoms with E-state index in [0.717, 1.165) is 22.7 Å². The van der Waals surface area contributed by atoms with E-state index in [9.17, 15) is 4.79 Å². The number of aromatic nitrogens is 2. The molecule has 0 aliphatic heterocycles. The Morgan fingerprint density at radius 1 is 1.29 bits per heavy atom. The van der Waals surface area contributed by atoms with Crippen LogP contribution in [0.25, 0.3) is 0 Å². The molecule has 0 aliphatic rings. The summed E-state index contributed by atoms with van der Waals surface area (Å²) in [5, 5.41) is 10.4. The van der Waals surface area contributed by atoms with Crippen LogP contribution in [0.1, 0.15) is 21.1 Å². The van der Waals surface area contributed by atoms with Crippen molar-refractivity contribution in [3.63, 3.8) is 0 Å². The Morgan fingerprint density at radius 2 is 1.94 bits per heavy atom. The summed E-state index contributed by atoms with van der Waals surface area (Å²) in [6.07, 6.45) is 0. The molecule has 2 heterocycles. The van der Waals surface area contributed by atoms with Crippen LogP contribution in [0, 0.1) is 13.8 Å². The van der Waals surface area contributed by atoms with Crippen LogP contribution in [-0.2, 0) is 0 Å². The van der Waals surface area contributed by atoms with Gasteiger partial charge in [-0.25, -0.2) is 14.8 Å². The minimum absolute atomic E-state index is 0.226. The molecule has 0 radical (unpaired) electrons. The van der Waals surface area contributed by atoms with Crippen LogP contribution >= 0.6 is 11.3 Å². The van der Waals surface area contributed by atoms with E-state index in [0.29, 0.717) is 5.75 Å². The zero-order valence-electron chi connectivity index (χ0n) is 9.30. The fourth-order valence-corrected chi connectivity index (χ4v) is 1.97. The fraction of sp³-hybridized carbons (Fsp3) is 0.182. The highest BCUT2D eigenvalue weighted by atomic mass is 32.1. The molecule has 0 unspecified atom stereocenters. The standard InChI is InChI=1S/C11H10N2O3S/c1-6-3-7(2)13-11(12-6)16-8-4-9(10(14)15)17-5-8/h3-5H,1-2H3,(H,14,15). The molecule has 1 N–H and O–H groups in total. The van der Waals surface area contributed by atoms with Crippen molar-refractivity contribution in [3.05, 3.63) is 33.8 Å². The number of aromatic carboxylic acids is 1. The summed E-state index contributed by atoms with van der Waals surface area (Å²) in [6.45, 7) is 3.69. The van der Waals surface area contributed by atoms with Gasteiger partial charge in [-0.2, -0.15) is 0 Å². The van der Waals surface area contributed by atoms with Gasteiger partial charge in [-0.3, -0.25) is 0 Å². The topological polar surface area (TPSA) is 72.3 Å². The third-order valence-corrected chi connectivity index (χ3v) is 2.85. The molecule has 0 fully saturated rings. The Morgan fingerprint density at radius 3 is 2.47 bits per heavy atom. The van der Waals surface area contributed by atoms with Gasteiger partial charge in [0.05, 0.1) is 0 Å². The number of nitrogens with zero attached hydrogens (tertiary/aromatic N) is 2. The van der Waals surface area contributed by atoms with E-state index in [1.807, 2.05) is 19.9 Å². The van der Waals surface area contributed by atoms with Gasteiger partial charge in [0.15, 0.2) is 0 Å². The van der Waals surface area contributed by atoms with Gasteiger partial charge in [-0.05, 0) is 19.9 Å². The number of hydrogen-bond acceptors (Lipinski definition) is 5. The van der Waals surface area contributed by atoms with Gasteiger partial charge in [0.2, 0.25) is 0 Å².